The number of rotatable bonds is 3. The summed E-state index contributed by atoms with van der Waals surface area (Å²) >= 11 is 6.08. The third-order valence-electron chi connectivity index (χ3n) is 3.52. The summed E-state index contributed by atoms with van der Waals surface area (Å²) in [5.74, 6) is -0.346. The van der Waals surface area contributed by atoms with Crippen molar-refractivity contribution < 1.29 is 9.50 Å². The molecular formula is C17H18ClFO. The summed E-state index contributed by atoms with van der Waals surface area (Å²) in [6.45, 7) is 5.67. The van der Waals surface area contributed by atoms with Gasteiger partial charge in [-0.2, -0.15) is 0 Å². The first-order valence-electron chi connectivity index (χ1n) is 6.53. The number of hydrogen-bond donors (Lipinski definition) is 1. The summed E-state index contributed by atoms with van der Waals surface area (Å²) in [4.78, 5) is 0. The van der Waals surface area contributed by atoms with Crippen LogP contribution in [-0.4, -0.2) is 5.11 Å². The molecule has 0 aliphatic carbocycles. The second-order valence-electron chi connectivity index (χ2n) is 5.50. The van der Waals surface area contributed by atoms with E-state index in [1.807, 2.05) is 32.0 Å². The van der Waals surface area contributed by atoms with E-state index in [1.54, 1.807) is 6.92 Å². The Morgan fingerprint density at radius 3 is 2.55 bits per heavy atom. The monoisotopic (exact) mass is 292 g/mol. The largest absolute Gasteiger partial charge is 0.385 e. The lowest BCUT2D eigenvalue weighted by Gasteiger charge is -2.27. The summed E-state index contributed by atoms with van der Waals surface area (Å²) in [5.41, 5.74) is 2.45. The van der Waals surface area contributed by atoms with Gasteiger partial charge in [0.1, 0.15) is 5.82 Å². The molecule has 0 heterocycles. The van der Waals surface area contributed by atoms with Gasteiger partial charge in [0.2, 0.25) is 0 Å². The average Bonchev–Trinajstić information content (AvgIpc) is 2.36. The summed E-state index contributed by atoms with van der Waals surface area (Å²) < 4.78 is 13.3. The molecule has 0 bridgehead atoms. The lowest BCUT2D eigenvalue weighted by atomic mass is 9.85. The normalized spacial score (nSPS) is 14.1. The van der Waals surface area contributed by atoms with E-state index in [0.717, 1.165) is 16.7 Å². The highest BCUT2D eigenvalue weighted by Gasteiger charge is 2.26. The Morgan fingerprint density at radius 1 is 1.15 bits per heavy atom. The van der Waals surface area contributed by atoms with E-state index >= 15 is 0 Å². The average molecular weight is 293 g/mol. The Balaban J connectivity index is 2.40. The van der Waals surface area contributed by atoms with Gasteiger partial charge in [0, 0.05) is 11.4 Å². The van der Waals surface area contributed by atoms with E-state index in [2.05, 4.69) is 0 Å². The molecule has 106 valence electrons. The zero-order valence-electron chi connectivity index (χ0n) is 11.9. The van der Waals surface area contributed by atoms with Gasteiger partial charge in [-0.25, -0.2) is 4.39 Å². The molecule has 1 N–H and O–H groups in total. The van der Waals surface area contributed by atoms with Gasteiger partial charge in [0.15, 0.2) is 0 Å². The molecule has 0 aromatic heterocycles. The second kappa shape index (κ2) is 5.55. The maximum absolute atomic E-state index is 13.3. The molecule has 0 radical (unpaired) electrons. The third kappa shape index (κ3) is 3.20. The molecule has 0 saturated heterocycles. The fourth-order valence-electron chi connectivity index (χ4n) is 2.46. The van der Waals surface area contributed by atoms with Crippen molar-refractivity contribution in [1.82, 2.24) is 0 Å². The second-order valence-corrected chi connectivity index (χ2v) is 5.91. The third-order valence-corrected chi connectivity index (χ3v) is 3.88. The molecule has 0 saturated carbocycles. The van der Waals surface area contributed by atoms with Crippen molar-refractivity contribution in [3.8, 4) is 0 Å². The Hall–Kier alpha value is -1.38. The van der Waals surface area contributed by atoms with Gasteiger partial charge >= 0.3 is 0 Å². The van der Waals surface area contributed by atoms with Crippen LogP contribution in [-0.2, 0) is 12.0 Å². The first kappa shape index (κ1) is 15.0. The standard InChI is InChI=1S/C17H18ClFO/c1-11-4-5-12(2)15(8-11)17(3,20)10-13-9-14(19)6-7-16(13)18/h4-9,20H,10H2,1-3H3. The zero-order chi connectivity index (χ0) is 14.9. The van der Waals surface area contributed by atoms with Crippen molar-refractivity contribution in [1.29, 1.82) is 0 Å². The number of aliphatic hydroxyl groups is 1. The SMILES string of the molecule is Cc1ccc(C)c(C(C)(O)Cc2cc(F)ccc2Cl)c1. The fourth-order valence-corrected chi connectivity index (χ4v) is 2.65. The van der Waals surface area contributed by atoms with Crippen molar-refractivity contribution in [2.45, 2.75) is 32.8 Å². The van der Waals surface area contributed by atoms with Gasteiger partial charge in [-0.05, 0) is 55.7 Å². The molecule has 0 aliphatic rings. The Morgan fingerprint density at radius 2 is 1.85 bits per heavy atom. The van der Waals surface area contributed by atoms with E-state index in [4.69, 9.17) is 11.6 Å². The molecular weight excluding hydrogens is 275 g/mol. The minimum Gasteiger partial charge on any atom is -0.385 e. The van der Waals surface area contributed by atoms with Gasteiger partial charge in [-0.15, -0.1) is 0 Å². The van der Waals surface area contributed by atoms with Crippen LogP contribution < -0.4 is 0 Å². The summed E-state index contributed by atoms with van der Waals surface area (Å²) in [6.07, 6.45) is 0.272. The molecule has 1 unspecified atom stereocenters. The van der Waals surface area contributed by atoms with Gasteiger partial charge in [-0.1, -0.05) is 35.4 Å². The van der Waals surface area contributed by atoms with Crippen LogP contribution in [0.2, 0.25) is 5.02 Å². The molecule has 0 spiro atoms. The smallest absolute Gasteiger partial charge is 0.123 e. The van der Waals surface area contributed by atoms with Crippen molar-refractivity contribution >= 4 is 11.6 Å². The van der Waals surface area contributed by atoms with Crippen LogP contribution in [0.3, 0.4) is 0 Å². The topological polar surface area (TPSA) is 20.2 Å². The van der Waals surface area contributed by atoms with Crippen LogP contribution in [0.25, 0.3) is 0 Å². The van der Waals surface area contributed by atoms with Crippen LogP contribution in [0.1, 0.15) is 29.2 Å². The van der Waals surface area contributed by atoms with Crippen molar-refractivity contribution in [3.05, 3.63) is 69.5 Å². The summed E-state index contributed by atoms with van der Waals surface area (Å²) in [6, 6.07) is 10.2. The molecule has 0 amide bonds. The van der Waals surface area contributed by atoms with Crippen LogP contribution in [0, 0.1) is 19.7 Å². The highest BCUT2D eigenvalue weighted by molar-refractivity contribution is 6.31. The van der Waals surface area contributed by atoms with Gasteiger partial charge in [0.25, 0.3) is 0 Å². The van der Waals surface area contributed by atoms with Crippen molar-refractivity contribution in [3.63, 3.8) is 0 Å². The highest BCUT2D eigenvalue weighted by Crippen LogP contribution is 2.31. The molecule has 0 fully saturated rings. The highest BCUT2D eigenvalue weighted by atomic mass is 35.5. The maximum atomic E-state index is 13.3. The predicted molar refractivity (Wildman–Crippen MR) is 80.6 cm³/mol. The Kier molecular flexibility index (Phi) is 4.17. The van der Waals surface area contributed by atoms with Gasteiger partial charge in [0.05, 0.1) is 5.60 Å². The lowest BCUT2D eigenvalue weighted by molar-refractivity contribution is 0.0569. The fraction of sp³-hybridized carbons (Fsp3) is 0.294. The number of aryl methyl sites for hydroxylation is 2. The van der Waals surface area contributed by atoms with Crippen molar-refractivity contribution in [2.24, 2.45) is 0 Å². The molecule has 0 aliphatic heterocycles. The maximum Gasteiger partial charge on any atom is 0.123 e. The van der Waals surface area contributed by atoms with Gasteiger partial charge < -0.3 is 5.11 Å². The first-order valence-corrected chi connectivity index (χ1v) is 6.91. The van der Waals surface area contributed by atoms with Gasteiger partial charge in [-0.3, -0.25) is 0 Å². The number of benzene rings is 2. The molecule has 2 aromatic carbocycles. The van der Waals surface area contributed by atoms with E-state index in [9.17, 15) is 9.50 Å². The minimum absolute atomic E-state index is 0.272. The summed E-state index contributed by atoms with van der Waals surface area (Å²) in [5, 5.41) is 11.2. The zero-order valence-corrected chi connectivity index (χ0v) is 12.6. The molecule has 20 heavy (non-hydrogen) atoms. The van der Waals surface area contributed by atoms with Crippen molar-refractivity contribution in [2.75, 3.05) is 0 Å². The molecule has 3 heteroatoms. The Labute approximate surface area is 124 Å². The Bertz CT molecular complexity index is 635. The molecule has 2 rings (SSSR count). The molecule has 2 aromatic rings. The molecule has 1 atom stereocenters. The van der Waals surface area contributed by atoms with Crippen LogP contribution in [0.15, 0.2) is 36.4 Å². The van der Waals surface area contributed by atoms with E-state index in [-0.39, 0.29) is 12.2 Å². The molecule has 1 nitrogen and oxygen atoms in total. The van der Waals surface area contributed by atoms with Crippen LogP contribution in [0.5, 0.6) is 0 Å². The predicted octanol–water partition coefficient (Wildman–Crippen LogP) is 4.55. The lowest BCUT2D eigenvalue weighted by Crippen LogP contribution is -2.25. The van der Waals surface area contributed by atoms with Crippen LogP contribution >= 0.6 is 11.6 Å². The minimum atomic E-state index is -1.09. The number of halogens is 2. The van der Waals surface area contributed by atoms with E-state index in [1.165, 1.54) is 18.2 Å². The van der Waals surface area contributed by atoms with E-state index < -0.39 is 5.60 Å². The number of hydrogen-bond acceptors (Lipinski definition) is 1. The quantitative estimate of drug-likeness (QED) is 0.880. The van der Waals surface area contributed by atoms with Crippen LogP contribution in [0.4, 0.5) is 4.39 Å². The van der Waals surface area contributed by atoms with E-state index in [0.29, 0.717) is 10.6 Å². The first-order chi connectivity index (χ1) is 9.29. The summed E-state index contributed by atoms with van der Waals surface area (Å²) in [7, 11) is 0.